The van der Waals surface area contributed by atoms with Crippen molar-refractivity contribution in [1.29, 1.82) is 0 Å². The summed E-state index contributed by atoms with van der Waals surface area (Å²) in [6.45, 7) is 4.67. The van der Waals surface area contributed by atoms with Gasteiger partial charge in [-0.3, -0.25) is 0 Å². The predicted octanol–water partition coefficient (Wildman–Crippen LogP) is 4.22. The largest absolute Gasteiger partial charge is 0.515 e. The second-order valence-electron chi connectivity index (χ2n) is 4.53. The number of rotatable bonds is 3. The van der Waals surface area contributed by atoms with Crippen LogP contribution in [0, 0.1) is 6.92 Å². The Kier molecular flexibility index (Phi) is 4.39. The molecule has 1 aliphatic carbocycles. The molecule has 3 nitrogen and oxygen atoms in total. The first-order chi connectivity index (χ1) is 9.22. The summed E-state index contributed by atoms with van der Waals surface area (Å²) in [5.41, 5.74) is 3.72. The molecule has 0 heterocycles. The Balaban J connectivity index is 2.32. The summed E-state index contributed by atoms with van der Waals surface area (Å²) in [6.07, 6.45) is 4.63. The molecule has 3 heteroatoms. The molecule has 0 saturated heterocycles. The van der Waals surface area contributed by atoms with Gasteiger partial charge < -0.3 is 9.84 Å². The number of nitrogens with zero attached hydrogens (tertiary/aromatic N) is 1. The van der Waals surface area contributed by atoms with Crippen LogP contribution in [-0.4, -0.2) is 17.4 Å². The summed E-state index contributed by atoms with van der Waals surface area (Å²) in [4.78, 5) is 4.58. The minimum atomic E-state index is 0.655. The van der Waals surface area contributed by atoms with E-state index >= 15 is 0 Å². The lowest BCUT2D eigenvalue weighted by molar-refractivity contribution is 0.218. The van der Waals surface area contributed by atoms with Crippen molar-refractivity contribution in [1.82, 2.24) is 0 Å². The second-order valence-corrected chi connectivity index (χ2v) is 4.53. The maximum absolute atomic E-state index is 9.29. The molecule has 0 bridgehead atoms. The smallest absolute Gasteiger partial charge is 0.0984 e. The number of aliphatic hydroxyl groups excluding tert-OH is 1. The van der Waals surface area contributed by atoms with Crippen LogP contribution in [-0.2, 0) is 4.74 Å². The molecule has 0 aromatic heterocycles. The number of hydrogen-bond donors (Lipinski definition) is 1. The van der Waals surface area contributed by atoms with E-state index in [-0.39, 0.29) is 0 Å². The van der Waals surface area contributed by atoms with E-state index < -0.39 is 0 Å². The van der Waals surface area contributed by atoms with Crippen molar-refractivity contribution in [2.75, 3.05) is 6.61 Å². The van der Waals surface area contributed by atoms with Gasteiger partial charge in [-0.2, -0.15) is 0 Å². The molecular weight excluding hydrogens is 238 g/mol. The van der Waals surface area contributed by atoms with E-state index in [2.05, 4.69) is 4.99 Å². The average molecular weight is 257 g/mol. The molecule has 0 fully saturated rings. The summed E-state index contributed by atoms with van der Waals surface area (Å²) < 4.78 is 5.53. The van der Waals surface area contributed by atoms with E-state index in [1.807, 2.05) is 44.2 Å². The van der Waals surface area contributed by atoms with E-state index in [4.69, 9.17) is 4.74 Å². The lowest BCUT2D eigenvalue weighted by Gasteiger charge is -2.17. The number of benzene rings is 1. The van der Waals surface area contributed by atoms with Gasteiger partial charge in [0.2, 0.25) is 0 Å². The lowest BCUT2D eigenvalue weighted by atomic mass is 9.98. The third-order valence-electron chi connectivity index (χ3n) is 3.04. The highest BCUT2D eigenvalue weighted by Crippen LogP contribution is 2.24. The molecule has 1 aromatic rings. The molecule has 0 unspecified atom stereocenters. The number of aliphatic imine (C=N–C) groups is 1. The first kappa shape index (κ1) is 13.4. The fourth-order valence-electron chi connectivity index (χ4n) is 2.00. The summed E-state index contributed by atoms with van der Waals surface area (Å²) >= 11 is 0. The molecule has 0 aliphatic heterocycles. The van der Waals surface area contributed by atoms with Gasteiger partial charge in [0.15, 0.2) is 0 Å². The molecule has 0 amide bonds. The summed E-state index contributed by atoms with van der Waals surface area (Å²) in [5, 5.41) is 9.29. The third kappa shape index (κ3) is 3.47. The zero-order valence-corrected chi connectivity index (χ0v) is 11.4. The Hall–Kier alpha value is -2.03. The Morgan fingerprint density at radius 1 is 1.26 bits per heavy atom. The molecule has 2 rings (SSSR count). The highest BCUT2D eigenvalue weighted by molar-refractivity contribution is 6.10. The van der Waals surface area contributed by atoms with Crippen molar-refractivity contribution in [3.63, 3.8) is 0 Å². The van der Waals surface area contributed by atoms with Gasteiger partial charge in [-0.15, -0.1) is 0 Å². The van der Waals surface area contributed by atoms with Gasteiger partial charge in [-0.05, 0) is 32.4 Å². The molecule has 100 valence electrons. The van der Waals surface area contributed by atoms with E-state index in [9.17, 15) is 5.11 Å². The molecule has 0 radical (unpaired) electrons. The second kappa shape index (κ2) is 6.23. The first-order valence-corrected chi connectivity index (χ1v) is 6.55. The van der Waals surface area contributed by atoms with Gasteiger partial charge in [0.25, 0.3) is 0 Å². The number of aliphatic hydroxyl groups is 1. The summed E-state index contributed by atoms with van der Waals surface area (Å²) in [7, 11) is 0. The van der Waals surface area contributed by atoms with Gasteiger partial charge in [0.05, 0.1) is 30.0 Å². The van der Waals surface area contributed by atoms with Crippen LogP contribution in [0.25, 0.3) is 0 Å². The van der Waals surface area contributed by atoms with Crippen molar-refractivity contribution in [3.8, 4) is 0 Å². The Labute approximate surface area is 113 Å². The lowest BCUT2D eigenvalue weighted by Crippen LogP contribution is -2.09. The zero-order valence-electron chi connectivity index (χ0n) is 11.4. The molecule has 19 heavy (non-hydrogen) atoms. The van der Waals surface area contributed by atoms with Crippen molar-refractivity contribution >= 4 is 11.4 Å². The van der Waals surface area contributed by atoms with Crippen molar-refractivity contribution in [2.45, 2.75) is 26.7 Å². The van der Waals surface area contributed by atoms with Crippen LogP contribution in [0.4, 0.5) is 5.69 Å². The first-order valence-electron chi connectivity index (χ1n) is 6.55. The van der Waals surface area contributed by atoms with Crippen LogP contribution >= 0.6 is 0 Å². The maximum Gasteiger partial charge on any atom is 0.0984 e. The topological polar surface area (TPSA) is 41.8 Å². The molecule has 0 spiro atoms. The molecule has 0 atom stereocenters. The number of allylic oxidation sites excluding steroid dienone is 3. The van der Waals surface area contributed by atoms with Crippen LogP contribution in [0.3, 0.4) is 0 Å². The number of hydrogen-bond acceptors (Lipinski definition) is 3. The summed E-state index contributed by atoms with van der Waals surface area (Å²) in [6, 6.07) is 8.00. The third-order valence-corrected chi connectivity index (χ3v) is 3.04. The SMILES string of the molecule is CCOC1=C/C(=N/c2ccc(C)cc2)C(=CO)CC1. The highest BCUT2D eigenvalue weighted by Gasteiger charge is 2.15. The van der Waals surface area contributed by atoms with Crippen molar-refractivity contribution < 1.29 is 9.84 Å². The van der Waals surface area contributed by atoms with Crippen LogP contribution in [0.5, 0.6) is 0 Å². The zero-order chi connectivity index (χ0) is 13.7. The molecular formula is C16H19NO2. The fraction of sp³-hybridized carbons (Fsp3) is 0.312. The quantitative estimate of drug-likeness (QED) is 0.823. The van der Waals surface area contributed by atoms with Crippen LogP contribution in [0.2, 0.25) is 0 Å². The monoisotopic (exact) mass is 257 g/mol. The maximum atomic E-state index is 9.29. The average Bonchev–Trinajstić information content (AvgIpc) is 2.42. The van der Waals surface area contributed by atoms with Crippen molar-refractivity contribution in [2.24, 2.45) is 4.99 Å². The molecule has 1 aliphatic rings. The minimum Gasteiger partial charge on any atom is -0.515 e. The van der Waals surface area contributed by atoms with Gasteiger partial charge >= 0.3 is 0 Å². The van der Waals surface area contributed by atoms with Gasteiger partial charge in [0, 0.05) is 18.1 Å². The standard InChI is InChI=1S/C16H19NO2/c1-3-19-15-9-6-13(11-18)16(10-15)17-14-7-4-12(2)5-8-14/h4-5,7-8,10-11,18H,3,6,9H2,1-2H3/b13-11?,17-16-. The number of aryl methyl sites for hydroxylation is 1. The molecule has 1 N–H and O–H groups in total. The summed E-state index contributed by atoms with van der Waals surface area (Å²) in [5.74, 6) is 0.930. The van der Waals surface area contributed by atoms with E-state index in [1.54, 1.807) is 0 Å². The van der Waals surface area contributed by atoms with Crippen molar-refractivity contribution in [3.05, 3.63) is 53.5 Å². The Morgan fingerprint density at radius 2 is 2.00 bits per heavy atom. The molecule has 0 saturated carbocycles. The van der Waals surface area contributed by atoms with Crippen LogP contribution < -0.4 is 0 Å². The molecule has 1 aromatic carbocycles. The van der Waals surface area contributed by atoms with E-state index in [0.717, 1.165) is 41.8 Å². The minimum absolute atomic E-state index is 0.655. The fourth-order valence-corrected chi connectivity index (χ4v) is 2.00. The van der Waals surface area contributed by atoms with Crippen LogP contribution in [0.1, 0.15) is 25.3 Å². The van der Waals surface area contributed by atoms with E-state index in [1.165, 1.54) is 5.56 Å². The predicted molar refractivity (Wildman–Crippen MR) is 77.9 cm³/mol. The van der Waals surface area contributed by atoms with E-state index in [0.29, 0.717) is 6.61 Å². The Morgan fingerprint density at radius 3 is 2.63 bits per heavy atom. The van der Waals surface area contributed by atoms with Crippen LogP contribution in [0.15, 0.2) is 52.9 Å². The normalized spacial score (nSPS) is 19.6. The Bertz CT molecular complexity index is 524. The van der Waals surface area contributed by atoms with Gasteiger partial charge in [0.1, 0.15) is 0 Å². The van der Waals surface area contributed by atoms with Gasteiger partial charge in [-0.1, -0.05) is 17.7 Å². The number of ether oxygens (including phenoxy) is 1. The highest BCUT2D eigenvalue weighted by atomic mass is 16.5. The van der Waals surface area contributed by atoms with Gasteiger partial charge in [-0.25, -0.2) is 4.99 Å².